The molecule has 0 atom stereocenters. The molecule has 39 heavy (non-hydrogen) atoms. The van der Waals surface area contributed by atoms with Crippen LogP contribution in [0.15, 0.2) is 36.4 Å². The lowest BCUT2D eigenvalue weighted by molar-refractivity contribution is -0.278. The van der Waals surface area contributed by atoms with E-state index in [1.807, 2.05) is 12.1 Å². The highest BCUT2D eigenvalue weighted by atomic mass is 35.5. The molecule has 1 aliphatic heterocycles. The fourth-order valence-corrected chi connectivity index (χ4v) is 3.75. The second-order valence-corrected chi connectivity index (χ2v) is 8.94. The molecule has 2 aromatic rings. The van der Waals surface area contributed by atoms with Gasteiger partial charge in [-0.05, 0) is 60.8 Å². The number of anilines is 1. The maximum Gasteiger partial charge on any atom is 0.455 e. The summed E-state index contributed by atoms with van der Waals surface area (Å²) in [6.45, 7) is 0.328. The van der Waals surface area contributed by atoms with Gasteiger partial charge in [0, 0.05) is 12.1 Å². The predicted octanol–water partition coefficient (Wildman–Crippen LogP) is 4.50. The number of aliphatic carboxylic acids is 2. The Balaban J connectivity index is 0.000000580. The molecule has 3 rings (SSSR count). The van der Waals surface area contributed by atoms with Gasteiger partial charge in [0.2, 0.25) is 0 Å². The summed E-state index contributed by atoms with van der Waals surface area (Å²) in [5, 5.41) is 24.7. The van der Waals surface area contributed by atoms with E-state index in [1.165, 1.54) is 17.7 Å². The molecule has 1 aliphatic rings. The molecular formula is C25H27ClF5N3O5. The zero-order valence-electron chi connectivity index (χ0n) is 20.5. The van der Waals surface area contributed by atoms with Gasteiger partial charge in [0.05, 0.1) is 30.1 Å². The van der Waals surface area contributed by atoms with Crippen LogP contribution in [0, 0.1) is 0 Å². The molecule has 0 bridgehead atoms. The summed E-state index contributed by atoms with van der Waals surface area (Å²) >= 11 is 6.37. The highest BCUT2D eigenvalue weighted by Crippen LogP contribution is 2.34. The van der Waals surface area contributed by atoms with Crippen LogP contribution in [0.2, 0.25) is 5.02 Å². The topological polar surface area (TPSA) is 128 Å². The van der Waals surface area contributed by atoms with Crippen LogP contribution in [0.1, 0.15) is 39.9 Å². The highest BCUT2D eigenvalue weighted by Gasteiger charge is 2.57. The Labute approximate surface area is 225 Å². The lowest BCUT2D eigenvalue weighted by Crippen LogP contribution is -2.46. The standard InChI is InChI=1S/C21H21ClF5N3O.C4H6O4/c22-17-6-5-14-7-9-28-10-8-16(14)18(17)29-11-13-1-3-15(4-2-13)19(31)30-12-20(23,24)21(25,26)27;5-3(6)1-2-4(7)8/h1-6,28-29H,7-12H2,(H,30,31);1-2H2,(H,5,6)(H,7,8). The number of hydrogen-bond donors (Lipinski definition) is 5. The van der Waals surface area contributed by atoms with Crippen LogP contribution in [0.3, 0.4) is 0 Å². The van der Waals surface area contributed by atoms with Crippen molar-refractivity contribution in [1.82, 2.24) is 10.6 Å². The van der Waals surface area contributed by atoms with E-state index in [-0.39, 0.29) is 18.4 Å². The predicted molar refractivity (Wildman–Crippen MR) is 133 cm³/mol. The molecule has 0 unspecified atom stereocenters. The van der Waals surface area contributed by atoms with E-state index in [0.717, 1.165) is 42.7 Å². The largest absolute Gasteiger partial charge is 0.481 e. The molecule has 8 nitrogen and oxygen atoms in total. The van der Waals surface area contributed by atoms with Gasteiger partial charge in [0.15, 0.2) is 0 Å². The number of nitrogens with one attached hydrogen (secondary N) is 3. The van der Waals surface area contributed by atoms with Crippen molar-refractivity contribution in [1.29, 1.82) is 0 Å². The highest BCUT2D eigenvalue weighted by molar-refractivity contribution is 6.33. The lowest BCUT2D eigenvalue weighted by Gasteiger charge is -2.19. The number of rotatable bonds is 9. The third-order valence-electron chi connectivity index (χ3n) is 5.61. The van der Waals surface area contributed by atoms with Gasteiger partial charge >= 0.3 is 24.0 Å². The van der Waals surface area contributed by atoms with Crippen molar-refractivity contribution in [3.05, 3.63) is 63.7 Å². The number of amides is 1. The number of fused-ring (bicyclic) bond motifs is 1. The average molecular weight is 580 g/mol. The number of carbonyl (C=O) groups excluding carboxylic acids is 1. The Morgan fingerprint density at radius 3 is 2.05 bits per heavy atom. The molecule has 1 amide bonds. The van der Waals surface area contributed by atoms with Crippen molar-refractivity contribution in [2.45, 2.75) is 44.3 Å². The summed E-state index contributed by atoms with van der Waals surface area (Å²) in [6, 6.07) is 9.80. The smallest absolute Gasteiger partial charge is 0.455 e. The summed E-state index contributed by atoms with van der Waals surface area (Å²) < 4.78 is 62.5. The molecule has 14 heteroatoms. The van der Waals surface area contributed by atoms with Gasteiger partial charge < -0.3 is 26.2 Å². The molecular weight excluding hydrogens is 553 g/mol. The van der Waals surface area contributed by atoms with Crippen molar-refractivity contribution >= 4 is 35.1 Å². The Morgan fingerprint density at radius 2 is 1.49 bits per heavy atom. The number of alkyl halides is 5. The number of carboxylic acids is 2. The Morgan fingerprint density at radius 1 is 0.897 bits per heavy atom. The van der Waals surface area contributed by atoms with Crippen LogP contribution in [0.25, 0.3) is 0 Å². The van der Waals surface area contributed by atoms with Crippen LogP contribution < -0.4 is 16.0 Å². The van der Waals surface area contributed by atoms with Gasteiger partial charge in [-0.2, -0.15) is 22.0 Å². The summed E-state index contributed by atoms with van der Waals surface area (Å²) in [5.41, 5.74) is 4.00. The molecule has 0 aromatic heterocycles. The first-order valence-corrected chi connectivity index (χ1v) is 12.1. The third-order valence-corrected chi connectivity index (χ3v) is 5.92. The van der Waals surface area contributed by atoms with E-state index in [4.69, 9.17) is 21.8 Å². The Kier molecular flexibility index (Phi) is 11.5. The minimum absolute atomic E-state index is 0.0144. The maximum atomic E-state index is 12.9. The average Bonchev–Trinajstić information content (AvgIpc) is 3.11. The first kappa shape index (κ1) is 31.8. The van der Waals surface area contributed by atoms with Crippen LogP contribution in [0.5, 0.6) is 0 Å². The number of halogens is 6. The summed E-state index contributed by atoms with van der Waals surface area (Å²) in [4.78, 5) is 31.2. The minimum Gasteiger partial charge on any atom is -0.481 e. The Bertz CT molecular complexity index is 1150. The van der Waals surface area contributed by atoms with Crippen molar-refractivity contribution < 1.29 is 46.5 Å². The van der Waals surface area contributed by atoms with Crippen molar-refractivity contribution in [2.24, 2.45) is 0 Å². The van der Waals surface area contributed by atoms with Crippen molar-refractivity contribution in [3.63, 3.8) is 0 Å². The molecule has 0 saturated heterocycles. The van der Waals surface area contributed by atoms with Crippen molar-refractivity contribution in [3.8, 4) is 0 Å². The van der Waals surface area contributed by atoms with Gasteiger partial charge in [0.1, 0.15) is 0 Å². The van der Waals surface area contributed by atoms with E-state index >= 15 is 0 Å². The fourth-order valence-electron chi connectivity index (χ4n) is 3.51. The van der Waals surface area contributed by atoms with Crippen LogP contribution >= 0.6 is 11.6 Å². The van der Waals surface area contributed by atoms with E-state index in [1.54, 1.807) is 17.4 Å². The minimum atomic E-state index is -5.72. The second-order valence-electron chi connectivity index (χ2n) is 8.53. The van der Waals surface area contributed by atoms with E-state index < -0.39 is 36.5 Å². The summed E-state index contributed by atoms with van der Waals surface area (Å²) in [6.07, 6.45) is -4.58. The van der Waals surface area contributed by atoms with Gasteiger partial charge in [-0.25, -0.2) is 0 Å². The first-order valence-electron chi connectivity index (χ1n) is 11.7. The molecule has 0 fully saturated rings. The molecule has 214 valence electrons. The van der Waals surface area contributed by atoms with E-state index in [0.29, 0.717) is 11.6 Å². The van der Waals surface area contributed by atoms with Crippen LogP contribution in [-0.2, 0) is 29.0 Å². The normalized spacial score (nSPS) is 13.3. The van der Waals surface area contributed by atoms with Crippen LogP contribution in [0.4, 0.5) is 27.6 Å². The molecule has 0 saturated carbocycles. The summed E-state index contributed by atoms with van der Waals surface area (Å²) in [7, 11) is 0. The summed E-state index contributed by atoms with van der Waals surface area (Å²) in [5.74, 6) is -8.15. The monoisotopic (exact) mass is 579 g/mol. The molecule has 1 heterocycles. The SMILES string of the molecule is O=C(NCC(F)(F)C(F)(F)F)c1ccc(CNc2c(Cl)ccc3c2CCNCC3)cc1.O=C(O)CCC(=O)O. The third kappa shape index (κ3) is 9.98. The van der Waals surface area contributed by atoms with Gasteiger partial charge in [-0.1, -0.05) is 29.8 Å². The number of carbonyl (C=O) groups is 3. The molecule has 2 aromatic carbocycles. The maximum absolute atomic E-state index is 12.9. The van der Waals surface area contributed by atoms with Gasteiger partial charge in [0.25, 0.3) is 5.91 Å². The molecule has 0 spiro atoms. The van der Waals surface area contributed by atoms with E-state index in [2.05, 4.69) is 10.6 Å². The zero-order chi connectivity index (χ0) is 29.2. The van der Waals surface area contributed by atoms with E-state index in [9.17, 15) is 36.3 Å². The quantitative estimate of drug-likeness (QED) is 0.277. The zero-order valence-corrected chi connectivity index (χ0v) is 21.3. The number of hydrogen-bond acceptors (Lipinski definition) is 5. The van der Waals surface area contributed by atoms with Crippen LogP contribution in [-0.4, -0.2) is 59.8 Å². The lowest BCUT2D eigenvalue weighted by atomic mass is 10.0. The fraction of sp³-hybridized carbons (Fsp3) is 0.400. The Hall–Kier alpha value is -3.45. The van der Waals surface area contributed by atoms with Gasteiger partial charge in [-0.15, -0.1) is 0 Å². The second kappa shape index (κ2) is 14.1. The number of benzene rings is 2. The molecule has 5 N–H and O–H groups in total. The first-order chi connectivity index (χ1) is 18.2. The van der Waals surface area contributed by atoms with Gasteiger partial charge in [-0.3, -0.25) is 14.4 Å². The number of carboxylic acid groups (broad SMARTS) is 2. The molecule has 0 radical (unpaired) electrons. The van der Waals surface area contributed by atoms with Crippen molar-refractivity contribution in [2.75, 3.05) is 25.0 Å². The molecule has 0 aliphatic carbocycles.